The summed E-state index contributed by atoms with van der Waals surface area (Å²) in [5, 5.41) is 3.92. The van der Waals surface area contributed by atoms with E-state index in [1.807, 2.05) is 24.3 Å². The van der Waals surface area contributed by atoms with Crippen LogP contribution in [0, 0.1) is 0 Å². The molecular weight excluding hydrogens is 320 g/mol. The molecule has 2 rings (SSSR count). The van der Waals surface area contributed by atoms with Gasteiger partial charge in [-0.25, -0.2) is 5.43 Å². The number of rotatable bonds is 8. The second-order valence-corrected chi connectivity index (χ2v) is 5.19. The second kappa shape index (κ2) is 9.32. The summed E-state index contributed by atoms with van der Waals surface area (Å²) in [5.74, 6) is 1.58. The first-order valence-electron chi connectivity index (χ1n) is 7.92. The Bertz CT molecular complexity index is 727. The van der Waals surface area contributed by atoms with Crippen LogP contribution in [0.2, 0.25) is 0 Å². The number of nitrogens with zero attached hydrogens (tertiary/aromatic N) is 1. The standard InChI is InChI=1S/C19H22N2O4/c1-4-14-5-8-16(9-6-14)25-13-19(22)21-20-12-15-7-10-17(23-2)11-18(15)24-3/h5-12H,4,13H2,1-3H3,(H,21,22). The summed E-state index contributed by atoms with van der Waals surface area (Å²) in [5.41, 5.74) is 4.36. The predicted molar refractivity (Wildman–Crippen MR) is 96.6 cm³/mol. The van der Waals surface area contributed by atoms with E-state index >= 15 is 0 Å². The van der Waals surface area contributed by atoms with Gasteiger partial charge in [0.25, 0.3) is 5.91 Å². The van der Waals surface area contributed by atoms with Gasteiger partial charge in [0, 0.05) is 11.6 Å². The molecule has 2 aromatic rings. The lowest BCUT2D eigenvalue weighted by Crippen LogP contribution is -2.24. The van der Waals surface area contributed by atoms with Crippen molar-refractivity contribution < 1.29 is 19.0 Å². The van der Waals surface area contributed by atoms with Gasteiger partial charge in [0.1, 0.15) is 17.2 Å². The van der Waals surface area contributed by atoms with E-state index in [4.69, 9.17) is 14.2 Å². The van der Waals surface area contributed by atoms with Crippen LogP contribution in [-0.4, -0.2) is 32.9 Å². The molecule has 25 heavy (non-hydrogen) atoms. The van der Waals surface area contributed by atoms with Crippen molar-refractivity contribution in [2.45, 2.75) is 13.3 Å². The van der Waals surface area contributed by atoms with Gasteiger partial charge in [-0.05, 0) is 36.2 Å². The molecule has 0 heterocycles. The Morgan fingerprint density at radius 3 is 2.44 bits per heavy atom. The Balaban J connectivity index is 1.85. The number of amides is 1. The summed E-state index contributed by atoms with van der Waals surface area (Å²) in [6, 6.07) is 13.0. The maximum absolute atomic E-state index is 11.8. The first kappa shape index (κ1) is 18.3. The first-order chi connectivity index (χ1) is 12.2. The average Bonchev–Trinajstić information content (AvgIpc) is 2.66. The molecule has 0 radical (unpaired) electrons. The van der Waals surface area contributed by atoms with Crippen molar-refractivity contribution in [3.8, 4) is 17.2 Å². The van der Waals surface area contributed by atoms with E-state index in [-0.39, 0.29) is 12.5 Å². The predicted octanol–water partition coefficient (Wildman–Crippen LogP) is 2.80. The van der Waals surface area contributed by atoms with Crippen molar-refractivity contribution in [3.63, 3.8) is 0 Å². The number of hydrogen-bond donors (Lipinski definition) is 1. The van der Waals surface area contributed by atoms with E-state index in [1.54, 1.807) is 32.4 Å². The van der Waals surface area contributed by atoms with Crippen molar-refractivity contribution in [2.75, 3.05) is 20.8 Å². The fraction of sp³-hybridized carbons (Fsp3) is 0.263. The fourth-order valence-corrected chi connectivity index (χ4v) is 2.10. The number of aryl methyl sites for hydroxylation is 1. The maximum atomic E-state index is 11.8. The van der Waals surface area contributed by atoms with Crippen molar-refractivity contribution in [2.24, 2.45) is 5.10 Å². The third-order valence-corrected chi connectivity index (χ3v) is 3.54. The minimum absolute atomic E-state index is 0.109. The van der Waals surface area contributed by atoms with E-state index in [9.17, 15) is 4.79 Å². The Morgan fingerprint density at radius 1 is 1.08 bits per heavy atom. The lowest BCUT2D eigenvalue weighted by atomic mass is 10.2. The summed E-state index contributed by atoms with van der Waals surface area (Å²) in [6.07, 6.45) is 2.47. The van der Waals surface area contributed by atoms with Gasteiger partial charge >= 0.3 is 0 Å². The minimum atomic E-state index is -0.344. The van der Waals surface area contributed by atoms with Crippen LogP contribution in [0.4, 0.5) is 0 Å². The Labute approximate surface area is 147 Å². The zero-order valence-corrected chi connectivity index (χ0v) is 14.6. The normalized spacial score (nSPS) is 10.5. The molecule has 0 saturated carbocycles. The van der Waals surface area contributed by atoms with Crippen LogP contribution >= 0.6 is 0 Å². The largest absolute Gasteiger partial charge is 0.497 e. The number of methoxy groups -OCH3 is 2. The molecule has 0 bridgehead atoms. The van der Waals surface area contributed by atoms with Gasteiger partial charge in [-0.2, -0.15) is 5.10 Å². The molecule has 0 saturated heterocycles. The van der Waals surface area contributed by atoms with E-state index < -0.39 is 0 Å². The monoisotopic (exact) mass is 342 g/mol. The molecule has 0 spiro atoms. The van der Waals surface area contributed by atoms with Crippen molar-refractivity contribution in [1.82, 2.24) is 5.43 Å². The third kappa shape index (κ3) is 5.53. The average molecular weight is 342 g/mol. The van der Waals surface area contributed by atoms with Gasteiger partial charge in [-0.1, -0.05) is 19.1 Å². The van der Waals surface area contributed by atoms with Crippen molar-refractivity contribution in [3.05, 3.63) is 53.6 Å². The zero-order chi connectivity index (χ0) is 18.1. The van der Waals surface area contributed by atoms with Gasteiger partial charge in [-0.15, -0.1) is 0 Å². The van der Waals surface area contributed by atoms with E-state index in [1.165, 1.54) is 11.8 Å². The molecule has 0 unspecified atom stereocenters. The molecule has 1 N–H and O–H groups in total. The number of carbonyl (C=O) groups excluding carboxylic acids is 1. The second-order valence-electron chi connectivity index (χ2n) is 5.19. The fourth-order valence-electron chi connectivity index (χ4n) is 2.10. The highest BCUT2D eigenvalue weighted by Crippen LogP contribution is 2.22. The smallest absolute Gasteiger partial charge is 0.277 e. The van der Waals surface area contributed by atoms with Gasteiger partial charge in [0.05, 0.1) is 20.4 Å². The van der Waals surface area contributed by atoms with E-state index in [0.717, 1.165) is 12.0 Å². The Morgan fingerprint density at radius 2 is 1.80 bits per heavy atom. The van der Waals surface area contributed by atoms with Crippen LogP contribution in [0.5, 0.6) is 17.2 Å². The Kier molecular flexibility index (Phi) is 6.83. The van der Waals surface area contributed by atoms with Crippen molar-refractivity contribution in [1.29, 1.82) is 0 Å². The molecule has 6 heteroatoms. The van der Waals surface area contributed by atoms with Crippen LogP contribution in [0.15, 0.2) is 47.6 Å². The topological polar surface area (TPSA) is 69.2 Å². The number of carbonyl (C=O) groups is 1. The Hall–Kier alpha value is -3.02. The quantitative estimate of drug-likeness (QED) is 0.592. The van der Waals surface area contributed by atoms with Crippen LogP contribution in [-0.2, 0) is 11.2 Å². The summed E-state index contributed by atoms with van der Waals surface area (Å²) >= 11 is 0. The van der Waals surface area contributed by atoms with Gasteiger partial charge in [0.15, 0.2) is 6.61 Å². The summed E-state index contributed by atoms with van der Waals surface area (Å²) in [7, 11) is 3.14. The molecule has 0 aliphatic carbocycles. The number of hydrazone groups is 1. The van der Waals surface area contributed by atoms with Gasteiger partial charge < -0.3 is 14.2 Å². The van der Waals surface area contributed by atoms with Gasteiger partial charge in [-0.3, -0.25) is 4.79 Å². The molecule has 0 aliphatic heterocycles. The number of benzene rings is 2. The van der Waals surface area contributed by atoms with E-state index in [2.05, 4.69) is 17.5 Å². The molecule has 2 aromatic carbocycles. The van der Waals surface area contributed by atoms with E-state index in [0.29, 0.717) is 17.2 Å². The highest BCUT2D eigenvalue weighted by molar-refractivity contribution is 5.85. The summed E-state index contributed by atoms with van der Waals surface area (Å²) < 4.78 is 15.8. The van der Waals surface area contributed by atoms with Crippen LogP contribution in [0.25, 0.3) is 0 Å². The zero-order valence-electron chi connectivity index (χ0n) is 14.6. The molecule has 132 valence electrons. The SMILES string of the molecule is CCc1ccc(OCC(=O)NN=Cc2ccc(OC)cc2OC)cc1. The highest BCUT2D eigenvalue weighted by Gasteiger charge is 2.04. The molecule has 0 aromatic heterocycles. The summed E-state index contributed by atoms with van der Waals surface area (Å²) in [4.78, 5) is 11.8. The third-order valence-electron chi connectivity index (χ3n) is 3.54. The van der Waals surface area contributed by atoms with Crippen LogP contribution in [0.3, 0.4) is 0 Å². The molecule has 1 amide bonds. The van der Waals surface area contributed by atoms with Crippen LogP contribution < -0.4 is 19.6 Å². The molecular formula is C19H22N2O4. The van der Waals surface area contributed by atoms with Crippen LogP contribution in [0.1, 0.15) is 18.1 Å². The number of ether oxygens (including phenoxy) is 3. The molecule has 0 aliphatic rings. The first-order valence-corrected chi connectivity index (χ1v) is 7.92. The molecule has 0 atom stereocenters. The maximum Gasteiger partial charge on any atom is 0.277 e. The van der Waals surface area contributed by atoms with Gasteiger partial charge in [0.2, 0.25) is 0 Å². The summed E-state index contributed by atoms with van der Waals surface area (Å²) in [6.45, 7) is 1.97. The number of hydrogen-bond acceptors (Lipinski definition) is 5. The number of nitrogens with one attached hydrogen (secondary N) is 1. The van der Waals surface area contributed by atoms with Crippen molar-refractivity contribution >= 4 is 12.1 Å². The highest BCUT2D eigenvalue weighted by atomic mass is 16.5. The minimum Gasteiger partial charge on any atom is -0.497 e. The molecule has 6 nitrogen and oxygen atoms in total. The lowest BCUT2D eigenvalue weighted by Gasteiger charge is -2.07. The lowest BCUT2D eigenvalue weighted by molar-refractivity contribution is -0.123. The molecule has 0 fully saturated rings.